The van der Waals surface area contributed by atoms with Gasteiger partial charge in [0.05, 0.1) is 17.9 Å². The van der Waals surface area contributed by atoms with Gasteiger partial charge in [-0.15, -0.1) is 16.3 Å². The number of carbonyl (C=O) groups is 3. The molecule has 0 spiro atoms. The number of nitrogens with zero attached hydrogens (tertiary/aromatic N) is 7. The van der Waals surface area contributed by atoms with Crippen molar-refractivity contribution in [3.8, 4) is 0 Å². The monoisotopic (exact) mass is 515 g/mol. The van der Waals surface area contributed by atoms with Crippen LogP contribution in [-0.4, -0.2) is 71.6 Å². The Hall–Kier alpha value is -4.05. The van der Waals surface area contributed by atoms with E-state index in [1.165, 1.54) is 18.9 Å². The molecular formula is C19H17N9O5S2. The first-order valence-electron chi connectivity index (χ1n) is 10.1. The highest BCUT2D eigenvalue weighted by Crippen LogP contribution is 2.40. The number of oxime groups is 1. The average molecular weight is 516 g/mol. The van der Waals surface area contributed by atoms with E-state index in [1.54, 1.807) is 29.2 Å². The van der Waals surface area contributed by atoms with Gasteiger partial charge in [-0.3, -0.25) is 14.5 Å². The van der Waals surface area contributed by atoms with Crippen LogP contribution >= 0.6 is 23.3 Å². The molecule has 0 aromatic carbocycles. The number of thioether (sulfide) groups is 1. The lowest BCUT2D eigenvalue weighted by Crippen LogP contribution is -2.71. The van der Waals surface area contributed by atoms with Crippen LogP contribution in [-0.2, 0) is 25.8 Å². The molecule has 1 fully saturated rings. The van der Waals surface area contributed by atoms with E-state index < -0.39 is 29.2 Å². The van der Waals surface area contributed by atoms with Crippen molar-refractivity contribution in [2.75, 3.05) is 18.6 Å². The molecule has 2 atom stereocenters. The molecule has 5 rings (SSSR count). The summed E-state index contributed by atoms with van der Waals surface area (Å²) in [5, 5.41) is 22.0. The van der Waals surface area contributed by atoms with Crippen molar-refractivity contribution < 1.29 is 28.9 Å². The van der Waals surface area contributed by atoms with Crippen molar-refractivity contribution in [1.82, 2.24) is 29.2 Å². The SMILES string of the molecule is CON=C(C(=O)NC1C(=O)N2C(C(=O)[O-])=C(C[n+]3ccn4ncccc43)CSC12)c1nsc(N)n1. The van der Waals surface area contributed by atoms with Gasteiger partial charge in [0, 0.05) is 28.9 Å². The molecule has 35 heavy (non-hydrogen) atoms. The molecular weight excluding hydrogens is 498 g/mol. The van der Waals surface area contributed by atoms with E-state index in [9.17, 15) is 19.5 Å². The molecule has 3 aromatic rings. The van der Waals surface area contributed by atoms with Crippen LogP contribution < -0.4 is 20.7 Å². The van der Waals surface area contributed by atoms with Gasteiger partial charge in [0.1, 0.15) is 31.3 Å². The molecule has 0 saturated carbocycles. The standard InChI is InChI=1S/C19H17N9O5S2/c1-33-24-11(14-23-19(20)35-25-14)15(29)22-12-16(30)28-13(18(31)32)9(8-34-17(12)28)7-26-5-6-27-10(26)3-2-4-21-27/h2-6,12,17H,7-8H2,1H3,(H3-,20,22,23,25,29,31,32). The third-order valence-corrected chi connectivity index (χ3v) is 7.26. The minimum atomic E-state index is -1.46. The molecule has 0 bridgehead atoms. The summed E-state index contributed by atoms with van der Waals surface area (Å²) in [5.74, 6) is -2.53. The predicted octanol–water partition coefficient (Wildman–Crippen LogP) is -2.49. The van der Waals surface area contributed by atoms with Crippen LogP contribution in [0.15, 0.2) is 47.1 Å². The van der Waals surface area contributed by atoms with E-state index in [2.05, 4.69) is 24.9 Å². The number of imidazole rings is 1. The lowest BCUT2D eigenvalue weighted by Gasteiger charge is -2.50. The molecule has 5 heterocycles. The molecule has 2 aliphatic rings. The fraction of sp³-hybridized carbons (Fsp3) is 0.263. The first kappa shape index (κ1) is 22.7. The lowest BCUT2D eigenvalue weighted by atomic mass is 10.0. The predicted molar refractivity (Wildman–Crippen MR) is 120 cm³/mol. The minimum absolute atomic E-state index is 0.0457. The Balaban J connectivity index is 1.37. The molecule has 2 amide bonds. The summed E-state index contributed by atoms with van der Waals surface area (Å²) >= 11 is 2.21. The first-order valence-corrected chi connectivity index (χ1v) is 11.9. The number of aliphatic carboxylic acids is 1. The molecule has 16 heteroatoms. The highest BCUT2D eigenvalue weighted by molar-refractivity contribution is 8.00. The molecule has 14 nitrogen and oxygen atoms in total. The molecule has 3 N–H and O–H groups in total. The maximum absolute atomic E-state index is 13.0. The van der Waals surface area contributed by atoms with Gasteiger partial charge >= 0.3 is 5.65 Å². The second-order valence-corrected chi connectivity index (χ2v) is 9.32. The first-order chi connectivity index (χ1) is 16.9. The second kappa shape index (κ2) is 8.95. The van der Waals surface area contributed by atoms with Gasteiger partial charge in [-0.1, -0.05) is 10.3 Å². The zero-order valence-electron chi connectivity index (χ0n) is 18.0. The second-order valence-electron chi connectivity index (χ2n) is 7.43. The number of rotatable bonds is 7. The Labute approximate surface area is 205 Å². The van der Waals surface area contributed by atoms with Crippen LogP contribution in [0, 0.1) is 0 Å². The summed E-state index contributed by atoms with van der Waals surface area (Å²) < 4.78 is 7.43. The number of carboxylic acid groups (broad SMARTS) is 1. The van der Waals surface area contributed by atoms with E-state index in [-0.39, 0.29) is 28.9 Å². The fourth-order valence-corrected chi connectivity index (χ4v) is 5.66. The Kier molecular flexibility index (Phi) is 5.81. The minimum Gasteiger partial charge on any atom is -0.543 e. The Morgan fingerprint density at radius 2 is 2.29 bits per heavy atom. The summed E-state index contributed by atoms with van der Waals surface area (Å²) in [6, 6.07) is 2.64. The summed E-state index contributed by atoms with van der Waals surface area (Å²) in [6.45, 7) is 0.230. The Morgan fingerprint density at radius 3 is 3.00 bits per heavy atom. The van der Waals surface area contributed by atoms with Gasteiger partial charge in [-0.2, -0.15) is 9.36 Å². The molecule has 0 aliphatic carbocycles. The number of anilines is 1. The number of aromatic nitrogens is 5. The zero-order valence-corrected chi connectivity index (χ0v) is 19.7. The van der Waals surface area contributed by atoms with Gasteiger partial charge in [0.15, 0.2) is 11.3 Å². The third kappa shape index (κ3) is 3.95. The third-order valence-electron chi connectivity index (χ3n) is 5.38. The van der Waals surface area contributed by atoms with Crippen molar-refractivity contribution in [1.29, 1.82) is 0 Å². The van der Waals surface area contributed by atoms with Crippen molar-refractivity contribution >= 4 is 57.6 Å². The van der Waals surface area contributed by atoms with E-state index >= 15 is 0 Å². The molecule has 2 unspecified atom stereocenters. The molecule has 2 aliphatic heterocycles. The van der Waals surface area contributed by atoms with Crippen LogP contribution in [0.2, 0.25) is 0 Å². The van der Waals surface area contributed by atoms with Gasteiger partial charge < -0.3 is 25.8 Å². The van der Waals surface area contributed by atoms with Crippen molar-refractivity contribution in [3.63, 3.8) is 0 Å². The van der Waals surface area contributed by atoms with Crippen LogP contribution in [0.3, 0.4) is 0 Å². The summed E-state index contributed by atoms with van der Waals surface area (Å²) in [4.78, 5) is 47.6. The lowest BCUT2D eigenvalue weighted by molar-refractivity contribution is -0.662. The van der Waals surface area contributed by atoms with Gasteiger partial charge in [0.2, 0.25) is 11.5 Å². The zero-order chi connectivity index (χ0) is 24.7. The summed E-state index contributed by atoms with van der Waals surface area (Å²) in [5.41, 5.74) is 6.39. The number of nitrogens with two attached hydrogens (primary N) is 1. The van der Waals surface area contributed by atoms with Crippen molar-refractivity contribution in [3.05, 3.63) is 47.8 Å². The largest absolute Gasteiger partial charge is 0.543 e. The Morgan fingerprint density at radius 1 is 1.46 bits per heavy atom. The van der Waals surface area contributed by atoms with Gasteiger partial charge in [-0.25, -0.2) is 4.57 Å². The van der Waals surface area contributed by atoms with E-state index in [0.717, 1.165) is 22.1 Å². The van der Waals surface area contributed by atoms with Gasteiger partial charge in [-0.05, 0) is 6.07 Å². The number of nitrogen functional groups attached to an aromatic ring is 1. The van der Waals surface area contributed by atoms with Crippen molar-refractivity contribution in [2.45, 2.75) is 18.0 Å². The quantitative estimate of drug-likeness (QED) is 0.148. The summed E-state index contributed by atoms with van der Waals surface area (Å²) in [6.07, 6.45) is 5.16. The van der Waals surface area contributed by atoms with Crippen LogP contribution in [0.25, 0.3) is 5.65 Å². The summed E-state index contributed by atoms with van der Waals surface area (Å²) in [7, 11) is 1.25. The molecule has 1 saturated heterocycles. The van der Waals surface area contributed by atoms with Gasteiger partial charge in [0.25, 0.3) is 11.8 Å². The number of hydrogen-bond acceptors (Lipinski definition) is 12. The van der Waals surface area contributed by atoms with E-state index in [1.807, 2.05) is 10.6 Å². The van der Waals surface area contributed by atoms with Crippen LogP contribution in [0.5, 0.6) is 0 Å². The van der Waals surface area contributed by atoms with Crippen LogP contribution in [0.4, 0.5) is 5.13 Å². The highest BCUT2D eigenvalue weighted by atomic mass is 32.2. The number of fused-ring (bicyclic) bond motifs is 2. The molecule has 0 radical (unpaired) electrons. The average Bonchev–Trinajstić information content (AvgIpc) is 3.46. The normalized spacial score (nSPS) is 20.0. The number of carbonyl (C=O) groups excluding carboxylic acids is 3. The maximum atomic E-state index is 13.0. The Bertz CT molecular complexity index is 1410. The highest BCUT2D eigenvalue weighted by Gasteiger charge is 2.53. The number of hydrogen-bond donors (Lipinski definition) is 2. The number of carboxylic acids is 1. The van der Waals surface area contributed by atoms with E-state index in [4.69, 9.17) is 10.6 Å². The van der Waals surface area contributed by atoms with E-state index in [0.29, 0.717) is 11.3 Å². The molecule has 180 valence electrons. The smallest absolute Gasteiger partial charge is 0.307 e. The topological polar surface area (TPSA) is 184 Å². The van der Waals surface area contributed by atoms with Crippen LogP contribution in [0.1, 0.15) is 5.82 Å². The number of nitrogens with one attached hydrogen (secondary N) is 1. The fourth-order valence-electron chi connectivity index (χ4n) is 3.89. The number of amides is 2. The van der Waals surface area contributed by atoms with Crippen molar-refractivity contribution in [2.24, 2.45) is 5.16 Å². The maximum Gasteiger partial charge on any atom is 0.307 e. The number of β-lactam (4-membered cyclic amide) rings is 1. The molecule has 3 aromatic heterocycles.